The van der Waals surface area contributed by atoms with Crippen LogP contribution in [0.5, 0.6) is 0 Å². The Kier molecular flexibility index (Phi) is 9.61. The van der Waals surface area contributed by atoms with Crippen molar-refractivity contribution in [2.75, 3.05) is 0 Å². The van der Waals surface area contributed by atoms with E-state index in [1.807, 2.05) is 12.2 Å². The van der Waals surface area contributed by atoms with Crippen molar-refractivity contribution in [3.63, 3.8) is 0 Å². The lowest BCUT2D eigenvalue weighted by atomic mass is 10.1. The van der Waals surface area contributed by atoms with Crippen molar-refractivity contribution in [2.45, 2.75) is 52.4 Å². The van der Waals surface area contributed by atoms with Crippen LogP contribution in [0.4, 0.5) is 0 Å². The predicted molar refractivity (Wildman–Crippen MR) is 62.3 cm³/mol. The largest absolute Gasteiger partial charge is 0.299 e. The van der Waals surface area contributed by atoms with Crippen molar-refractivity contribution in [3.8, 4) is 0 Å². The highest BCUT2D eigenvalue weighted by Crippen LogP contribution is 1.97. The van der Waals surface area contributed by atoms with Crippen LogP contribution < -0.4 is 0 Å². The van der Waals surface area contributed by atoms with Gasteiger partial charge in [-0.25, -0.2) is 0 Å². The fraction of sp³-hybridized carbons (Fsp3) is 0.615. The first-order valence-corrected chi connectivity index (χ1v) is 5.63. The Morgan fingerprint density at radius 2 is 1.29 bits per heavy atom. The second-order valence-corrected chi connectivity index (χ2v) is 3.47. The summed E-state index contributed by atoms with van der Waals surface area (Å²) >= 11 is 0. The quantitative estimate of drug-likeness (QED) is 0.533. The molecule has 14 heavy (non-hydrogen) atoms. The number of unbranched alkanes of at least 4 members (excludes halogenated alkanes) is 2. The molecule has 0 bridgehead atoms. The van der Waals surface area contributed by atoms with Crippen molar-refractivity contribution in [1.29, 1.82) is 0 Å². The Hall–Kier alpha value is -0.850. The van der Waals surface area contributed by atoms with Gasteiger partial charge in [0.05, 0.1) is 0 Å². The molecular weight excluding hydrogens is 172 g/mol. The maximum absolute atomic E-state index is 11.3. The van der Waals surface area contributed by atoms with Crippen LogP contribution in [0.25, 0.3) is 0 Å². The molecule has 0 radical (unpaired) electrons. The summed E-state index contributed by atoms with van der Waals surface area (Å²) in [5.74, 6) is 0.310. The number of carbonyl (C=O) groups is 1. The van der Waals surface area contributed by atoms with E-state index in [1.165, 1.54) is 0 Å². The molecule has 1 heteroatoms. The van der Waals surface area contributed by atoms with Gasteiger partial charge in [-0.1, -0.05) is 51.0 Å². The Morgan fingerprint density at radius 1 is 0.857 bits per heavy atom. The molecule has 0 heterocycles. The van der Waals surface area contributed by atoms with Gasteiger partial charge in [0.1, 0.15) is 5.78 Å². The molecule has 0 aliphatic carbocycles. The van der Waals surface area contributed by atoms with E-state index < -0.39 is 0 Å². The van der Waals surface area contributed by atoms with E-state index in [1.54, 1.807) is 0 Å². The van der Waals surface area contributed by atoms with Gasteiger partial charge >= 0.3 is 0 Å². The standard InChI is InChI=1S/C13H22O/c1-3-5-7-9-11-13(14)12-10-8-6-4-2/h7-10H,3-6,11-12H2,1-2H3. The summed E-state index contributed by atoms with van der Waals surface area (Å²) in [6, 6.07) is 0. The Morgan fingerprint density at radius 3 is 1.64 bits per heavy atom. The van der Waals surface area contributed by atoms with Gasteiger partial charge in [-0.2, -0.15) is 0 Å². The summed E-state index contributed by atoms with van der Waals surface area (Å²) < 4.78 is 0. The summed E-state index contributed by atoms with van der Waals surface area (Å²) in [7, 11) is 0. The summed E-state index contributed by atoms with van der Waals surface area (Å²) in [6.07, 6.45) is 13.8. The van der Waals surface area contributed by atoms with Crippen LogP contribution >= 0.6 is 0 Å². The number of ketones is 1. The van der Waals surface area contributed by atoms with Crippen LogP contribution in [0.2, 0.25) is 0 Å². The van der Waals surface area contributed by atoms with E-state index in [0.717, 1.165) is 25.7 Å². The second-order valence-electron chi connectivity index (χ2n) is 3.47. The molecule has 1 nitrogen and oxygen atoms in total. The van der Waals surface area contributed by atoms with Gasteiger partial charge < -0.3 is 0 Å². The lowest BCUT2D eigenvalue weighted by Crippen LogP contribution is -1.92. The molecule has 0 unspecified atom stereocenters. The number of Topliss-reactive ketones (excluding diaryl/α,β-unsaturated/α-hetero) is 1. The third-order valence-corrected chi connectivity index (χ3v) is 1.94. The molecule has 0 aliphatic rings. The number of hydrogen-bond donors (Lipinski definition) is 0. The molecule has 0 spiro atoms. The Bertz CT molecular complexity index is 169. The van der Waals surface area contributed by atoms with Gasteiger partial charge in [0.15, 0.2) is 0 Å². The zero-order valence-corrected chi connectivity index (χ0v) is 9.46. The van der Waals surface area contributed by atoms with Crippen LogP contribution in [-0.2, 0) is 4.79 Å². The van der Waals surface area contributed by atoms with E-state index in [9.17, 15) is 4.79 Å². The lowest BCUT2D eigenvalue weighted by Gasteiger charge is -1.91. The topological polar surface area (TPSA) is 17.1 Å². The molecule has 0 aliphatic heterocycles. The highest BCUT2D eigenvalue weighted by atomic mass is 16.1. The maximum Gasteiger partial charge on any atom is 0.140 e. The first kappa shape index (κ1) is 13.2. The van der Waals surface area contributed by atoms with Crippen molar-refractivity contribution in [1.82, 2.24) is 0 Å². The van der Waals surface area contributed by atoms with Crippen LogP contribution in [-0.4, -0.2) is 5.78 Å². The van der Waals surface area contributed by atoms with E-state index >= 15 is 0 Å². The number of allylic oxidation sites excluding steroid dienone is 4. The average Bonchev–Trinajstić information content (AvgIpc) is 2.19. The highest BCUT2D eigenvalue weighted by Gasteiger charge is 1.93. The van der Waals surface area contributed by atoms with Crippen LogP contribution in [0.15, 0.2) is 24.3 Å². The summed E-state index contributed by atoms with van der Waals surface area (Å²) in [4.78, 5) is 11.3. The SMILES string of the molecule is CCCC=CCC(=O)CC=CCCC. The van der Waals surface area contributed by atoms with Crippen molar-refractivity contribution in [3.05, 3.63) is 24.3 Å². The molecule has 0 atom stereocenters. The second kappa shape index (κ2) is 10.2. The average molecular weight is 194 g/mol. The third kappa shape index (κ3) is 9.24. The van der Waals surface area contributed by atoms with Crippen molar-refractivity contribution >= 4 is 5.78 Å². The number of hydrogen-bond acceptors (Lipinski definition) is 1. The van der Waals surface area contributed by atoms with Gasteiger partial charge in [0, 0.05) is 12.8 Å². The molecule has 0 aromatic carbocycles. The van der Waals surface area contributed by atoms with Gasteiger partial charge in [-0.3, -0.25) is 4.79 Å². The van der Waals surface area contributed by atoms with Gasteiger partial charge in [0.2, 0.25) is 0 Å². The monoisotopic (exact) mass is 194 g/mol. The van der Waals surface area contributed by atoms with Gasteiger partial charge in [-0.05, 0) is 12.8 Å². The number of rotatable bonds is 8. The molecule has 0 aromatic rings. The first-order chi connectivity index (χ1) is 6.81. The Labute approximate surface area is 87.9 Å². The van der Waals surface area contributed by atoms with Crippen molar-refractivity contribution < 1.29 is 4.79 Å². The fourth-order valence-corrected chi connectivity index (χ4v) is 1.08. The lowest BCUT2D eigenvalue weighted by molar-refractivity contribution is -0.117. The molecule has 0 N–H and O–H groups in total. The predicted octanol–water partition coefficient (Wildman–Crippen LogP) is 4.05. The highest BCUT2D eigenvalue weighted by molar-refractivity contribution is 5.81. The zero-order chi connectivity index (χ0) is 10.6. The molecule has 0 aromatic heterocycles. The molecule has 0 saturated carbocycles. The molecule has 0 rings (SSSR count). The molecule has 80 valence electrons. The maximum atomic E-state index is 11.3. The zero-order valence-electron chi connectivity index (χ0n) is 9.46. The van der Waals surface area contributed by atoms with Crippen LogP contribution in [0.1, 0.15) is 52.4 Å². The summed E-state index contributed by atoms with van der Waals surface area (Å²) in [5.41, 5.74) is 0. The third-order valence-electron chi connectivity index (χ3n) is 1.94. The van der Waals surface area contributed by atoms with Gasteiger partial charge in [0.25, 0.3) is 0 Å². The van der Waals surface area contributed by atoms with E-state index in [2.05, 4.69) is 26.0 Å². The van der Waals surface area contributed by atoms with Crippen LogP contribution in [0.3, 0.4) is 0 Å². The van der Waals surface area contributed by atoms with E-state index in [-0.39, 0.29) is 0 Å². The Balaban J connectivity index is 3.45. The minimum absolute atomic E-state index is 0.310. The molecule has 0 saturated heterocycles. The van der Waals surface area contributed by atoms with Crippen LogP contribution in [0, 0.1) is 0 Å². The summed E-state index contributed by atoms with van der Waals surface area (Å²) in [5, 5.41) is 0. The van der Waals surface area contributed by atoms with E-state index in [4.69, 9.17) is 0 Å². The minimum atomic E-state index is 0.310. The van der Waals surface area contributed by atoms with Gasteiger partial charge in [-0.15, -0.1) is 0 Å². The molecular formula is C13H22O. The molecule has 0 amide bonds. The van der Waals surface area contributed by atoms with Crippen molar-refractivity contribution in [2.24, 2.45) is 0 Å². The summed E-state index contributed by atoms with van der Waals surface area (Å²) in [6.45, 7) is 4.28. The fourth-order valence-electron chi connectivity index (χ4n) is 1.08. The normalized spacial score (nSPS) is 11.6. The number of carbonyl (C=O) groups excluding carboxylic acids is 1. The first-order valence-electron chi connectivity index (χ1n) is 5.63. The van der Waals surface area contributed by atoms with E-state index in [0.29, 0.717) is 18.6 Å². The smallest absolute Gasteiger partial charge is 0.140 e. The minimum Gasteiger partial charge on any atom is -0.299 e. The molecule has 0 fully saturated rings.